The van der Waals surface area contributed by atoms with Crippen molar-refractivity contribution < 1.29 is 14.6 Å². The molecular formula is C15H18N4O3S. The van der Waals surface area contributed by atoms with E-state index in [2.05, 4.69) is 15.3 Å². The van der Waals surface area contributed by atoms with E-state index in [4.69, 9.17) is 9.84 Å². The van der Waals surface area contributed by atoms with Gasteiger partial charge in [0, 0.05) is 6.42 Å². The van der Waals surface area contributed by atoms with Gasteiger partial charge in [0.2, 0.25) is 5.16 Å². The third kappa shape index (κ3) is 4.82. The lowest BCUT2D eigenvalue weighted by Gasteiger charge is -2.03. The highest BCUT2D eigenvalue weighted by molar-refractivity contribution is 7.99. The van der Waals surface area contributed by atoms with Crippen molar-refractivity contribution in [1.29, 1.82) is 0 Å². The van der Waals surface area contributed by atoms with E-state index in [0.29, 0.717) is 11.0 Å². The third-order valence-corrected chi connectivity index (χ3v) is 3.82. The summed E-state index contributed by atoms with van der Waals surface area (Å²) < 4.78 is 6.71. The van der Waals surface area contributed by atoms with Crippen LogP contribution in [0.2, 0.25) is 0 Å². The highest BCUT2D eigenvalue weighted by Crippen LogP contribution is 2.18. The fourth-order valence-corrected chi connectivity index (χ4v) is 2.45. The number of carbonyl (C=O) groups is 1. The molecule has 0 saturated carbocycles. The zero-order chi connectivity index (χ0) is 16.7. The molecule has 7 nitrogen and oxygen atoms in total. The first-order valence-electron chi connectivity index (χ1n) is 7.11. The molecule has 0 atom stereocenters. The standard InChI is InChI=1S/C15H18N4O3S/c1-3-4-13-17-18-15(23-10-14(20)21)19(13)16-9-11-5-7-12(22-2)8-6-11/h5-9H,3-4,10H2,1-2H3,(H,20,21). The van der Waals surface area contributed by atoms with Gasteiger partial charge in [0.25, 0.3) is 0 Å². The van der Waals surface area contributed by atoms with Crippen LogP contribution in [0.3, 0.4) is 0 Å². The van der Waals surface area contributed by atoms with Crippen LogP contribution in [0.25, 0.3) is 0 Å². The van der Waals surface area contributed by atoms with Crippen molar-refractivity contribution in [1.82, 2.24) is 14.9 Å². The predicted molar refractivity (Wildman–Crippen MR) is 88.4 cm³/mol. The van der Waals surface area contributed by atoms with Gasteiger partial charge in [0.1, 0.15) is 5.75 Å². The molecule has 0 aliphatic heterocycles. The number of thioether (sulfide) groups is 1. The molecule has 0 amide bonds. The van der Waals surface area contributed by atoms with Crippen LogP contribution in [0.1, 0.15) is 24.7 Å². The molecule has 1 aromatic carbocycles. The average molecular weight is 334 g/mol. The van der Waals surface area contributed by atoms with Gasteiger partial charge in [-0.05, 0) is 36.2 Å². The van der Waals surface area contributed by atoms with Gasteiger partial charge in [-0.25, -0.2) is 0 Å². The number of carboxylic acid groups (broad SMARTS) is 1. The Kier molecular flexibility index (Phi) is 6.16. The maximum atomic E-state index is 10.7. The summed E-state index contributed by atoms with van der Waals surface area (Å²) in [4.78, 5) is 10.7. The number of methoxy groups -OCH3 is 1. The van der Waals surface area contributed by atoms with Gasteiger partial charge in [0.05, 0.1) is 19.1 Å². The molecule has 1 aromatic heterocycles. The Bertz CT molecular complexity index is 683. The Morgan fingerprint density at radius 3 is 2.74 bits per heavy atom. The minimum absolute atomic E-state index is 0.0810. The minimum atomic E-state index is -0.902. The molecule has 0 saturated heterocycles. The smallest absolute Gasteiger partial charge is 0.313 e. The van der Waals surface area contributed by atoms with Crippen molar-refractivity contribution in [3.8, 4) is 5.75 Å². The van der Waals surface area contributed by atoms with E-state index >= 15 is 0 Å². The summed E-state index contributed by atoms with van der Waals surface area (Å²) in [6.07, 6.45) is 3.31. The second kappa shape index (κ2) is 8.33. The van der Waals surface area contributed by atoms with Crippen LogP contribution >= 0.6 is 11.8 Å². The van der Waals surface area contributed by atoms with Crippen LogP contribution < -0.4 is 4.74 Å². The second-order valence-electron chi connectivity index (χ2n) is 4.66. The Morgan fingerprint density at radius 2 is 2.13 bits per heavy atom. The first-order valence-corrected chi connectivity index (χ1v) is 8.10. The molecule has 2 aromatic rings. The number of aliphatic carboxylic acids is 1. The van der Waals surface area contributed by atoms with Crippen LogP contribution in [-0.2, 0) is 11.2 Å². The van der Waals surface area contributed by atoms with Crippen LogP contribution in [0.4, 0.5) is 0 Å². The maximum Gasteiger partial charge on any atom is 0.313 e. The van der Waals surface area contributed by atoms with E-state index in [1.165, 1.54) is 0 Å². The lowest BCUT2D eigenvalue weighted by atomic mass is 10.2. The van der Waals surface area contributed by atoms with Crippen molar-refractivity contribution in [2.75, 3.05) is 12.9 Å². The third-order valence-electron chi connectivity index (χ3n) is 2.91. The van der Waals surface area contributed by atoms with Crippen molar-refractivity contribution in [3.05, 3.63) is 35.7 Å². The number of nitrogens with zero attached hydrogens (tertiary/aromatic N) is 4. The largest absolute Gasteiger partial charge is 0.497 e. The maximum absolute atomic E-state index is 10.7. The zero-order valence-corrected chi connectivity index (χ0v) is 13.8. The number of hydrogen-bond acceptors (Lipinski definition) is 6. The number of ether oxygens (including phenoxy) is 1. The molecule has 0 spiro atoms. The Labute approximate surface area is 138 Å². The lowest BCUT2D eigenvalue weighted by molar-refractivity contribution is -0.133. The van der Waals surface area contributed by atoms with E-state index in [1.807, 2.05) is 31.2 Å². The van der Waals surface area contributed by atoms with E-state index in [0.717, 1.165) is 35.9 Å². The summed E-state index contributed by atoms with van der Waals surface area (Å²) in [5.74, 6) is 0.504. The molecule has 0 unspecified atom stereocenters. The van der Waals surface area contributed by atoms with E-state index in [-0.39, 0.29) is 5.75 Å². The molecule has 2 rings (SSSR count). The molecule has 0 bridgehead atoms. The molecule has 0 aliphatic rings. The lowest BCUT2D eigenvalue weighted by Crippen LogP contribution is -2.03. The summed E-state index contributed by atoms with van der Waals surface area (Å²) in [5.41, 5.74) is 0.899. The van der Waals surface area contributed by atoms with Gasteiger partial charge in [-0.15, -0.1) is 10.2 Å². The first kappa shape index (κ1) is 17.0. The number of benzene rings is 1. The molecule has 122 valence electrons. The van der Waals surface area contributed by atoms with Crippen molar-refractivity contribution in [2.45, 2.75) is 24.9 Å². The number of carboxylic acids is 1. The Hall–Kier alpha value is -2.35. The van der Waals surface area contributed by atoms with Gasteiger partial charge in [-0.1, -0.05) is 18.7 Å². The monoisotopic (exact) mass is 334 g/mol. The van der Waals surface area contributed by atoms with Crippen molar-refractivity contribution >= 4 is 23.9 Å². The predicted octanol–water partition coefficient (Wildman–Crippen LogP) is 2.30. The summed E-state index contributed by atoms with van der Waals surface area (Å²) in [5, 5.41) is 21.8. The molecule has 23 heavy (non-hydrogen) atoms. The van der Waals surface area contributed by atoms with Gasteiger partial charge in [0.15, 0.2) is 5.82 Å². The van der Waals surface area contributed by atoms with Gasteiger partial charge < -0.3 is 9.84 Å². The van der Waals surface area contributed by atoms with Gasteiger partial charge >= 0.3 is 5.97 Å². The summed E-state index contributed by atoms with van der Waals surface area (Å²) in [6.45, 7) is 2.04. The Morgan fingerprint density at radius 1 is 1.39 bits per heavy atom. The molecule has 0 radical (unpaired) electrons. The number of rotatable bonds is 8. The van der Waals surface area contributed by atoms with Crippen molar-refractivity contribution in [2.24, 2.45) is 5.10 Å². The fraction of sp³-hybridized carbons (Fsp3) is 0.333. The van der Waals surface area contributed by atoms with E-state index < -0.39 is 5.97 Å². The normalized spacial score (nSPS) is 11.0. The molecule has 8 heteroatoms. The van der Waals surface area contributed by atoms with Gasteiger partial charge in [-0.2, -0.15) is 9.78 Å². The summed E-state index contributed by atoms with van der Waals surface area (Å²) in [6, 6.07) is 7.47. The SMILES string of the molecule is CCCc1nnc(SCC(=O)O)n1N=Cc1ccc(OC)cc1. The topological polar surface area (TPSA) is 89.6 Å². The highest BCUT2D eigenvalue weighted by atomic mass is 32.2. The summed E-state index contributed by atoms with van der Waals surface area (Å²) in [7, 11) is 1.61. The summed E-state index contributed by atoms with van der Waals surface area (Å²) >= 11 is 1.10. The number of hydrogen-bond donors (Lipinski definition) is 1. The van der Waals surface area contributed by atoms with Crippen LogP contribution in [-0.4, -0.2) is 45.0 Å². The van der Waals surface area contributed by atoms with Crippen LogP contribution in [0.5, 0.6) is 5.75 Å². The molecule has 1 N–H and O–H groups in total. The second-order valence-corrected chi connectivity index (χ2v) is 5.60. The number of aromatic nitrogens is 3. The van der Waals surface area contributed by atoms with Crippen LogP contribution in [0.15, 0.2) is 34.5 Å². The molecular weight excluding hydrogens is 316 g/mol. The zero-order valence-electron chi connectivity index (χ0n) is 13.0. The number of aryl methyl sites for hydroxylation is 1. The van der Waals surface area contributed by atoms with Crippen molar-refractivity contribution in [3.63, 3.8) is 0 Å². The molecule has 0 aliphatic carbocycles. The molecule has 0 fully saturated rings. The van der Waals surface area contributed by atoms with E-state index in [1.54, 1.807) is 18.0 Å². The van der Waals surface area contributed by atoms with Gasteiger partial charge in [-0.3, -0.25) is 4.79 Å². The first-order chi connectivity index (χ1) is 11.1. The van der Waals surface area contributed by atoms with E-state index in [9.17, 15) is 4.79 Å². The highest BCUT2D eigenvalue weighted by Gasteiger charge is 2.12. The Balaban J connectivity index is 2.22. The fourth-order valence-electron chi connectivity index (χ4n) is 1.82. The minimum Gasteiger partial charge on any atom is -0.497 e. The molecule has 1 heterocycles. The van der Waals surface area contributed by atoms with Crippen LogP contribution in [0, 0.1) is 0 Å². The quantitative estimate of drug-likeness (QED) is 0.588. The average Bonchev–Trinajstić information content (AvgIpc) is 2.93.